The van der Waals surface area contributed by atoms with Gasteiger partial charge in [0.05, 0.1) is 11.6 Å². The first kappa shape index (κ1) is 17.4. The highest BCUT2D eigenvalue weighted by Crippen LogP contribution is 2.13. The molecule has 0 unspecified atom stereocenters. The van der Waals surface area contributed by atoms with Crippen LogP contribution in [0.3, 0.4) is 0 Å². The maximum absolute atomic E-state index is 12.4. The fourth-order valence-corrected chi connectivity index (χ4v) is 2.34. The van der Waals surface area contributed by atoms with Crippen molar-refractivity contribution in [1.29, 1.82) is 5.26 Å². The Morgan fingerprint density at radius 2 is 2.00 bits per heavy atom. The van der Waals surface area contributed by atoms with E-state index in [0.29, 0.717) is 22.9 Å². The third kappa shape index (κ3) is 4.53. The second-order valence-corrected chi connectivity index (χ2v) is 5.38. The van der Waals surface area contributed by atoms with Crippen molar-refractivity contribution in [3.8, 4) is 6.07 Å². The minimum atomic E-state index is -0.318. The Bertz CT molecular complexity index is 732. The van der Waals surface area contributed by atoms with Gasteiger partial charge in [0.25, 0.3) is 5.91 Å². The fourth-order valence-electron chi connectivity index (χ4n) is 2.34. The molecule has 0 aliphatic heterocycles. The molecule has 124 valence electrons. The molecule has 6 heteroatoms. The molecule has 0 aliphatic carbocycles. The number of hydrogen-bond donors (Lipinski definition) is 1. The Labute approximate surface area is 142 Å². The van der Waals surface area contributed by atoms with Crippen molar-refractivity contribution in [3.63, 3.8) is 0 Å². The maximum atomic E-state index is 12.4. The summed E-state index contributed by atoms with van der Waals surface area (Å²) in [6.07, 6.45) is 3.57. The molecule has 6 nitrogen and oxygen atoms in total. The molecule has 1 aromatic heterocycles. The van der Waals surface area contributed by atoms with E-state index in [-0.39, 0.29) is 5.91 Å². The second kappa shape index (κ2) is 8.63. The van der Waals surface area contributed by atoms with Crippen LogP contribution in [0.1, 0.15) is 42.7 Å². The van der Waals surface area contributed by atoms with E-state index in [4.69, 9.17) is 5.26 Å². The van der Waals surface area contributed by atoms with Crippen LogP contribution in [0.25, 0.3) is 0 Å². The summed E-state index contributed by atoms with van der Waals surface area (Å²) in [5.74, 6) is 0.249. The zero-order chi connectivity index (χ0) is 17.4. The number of aromatic nitrogens is 2. The number of benzene rings is 1. The summed E-state index contributed by atoms with van der Waals surface area (Å²) in [6, 6.07) is 10.4. The van der Waals surface area contributed by atoms with Gasteiger partial charge < -0.3 is 10.2 Å². The number of carbonyl (C=O) groups is 1. The smallest absolute Gasteiger partial charge is 0.274 e. The highest BCUT2D eigenvalue weighted by Gasteiger charge is 2.13. The van der Waals surface area contributed by atoms with Gasteiger partial charge in [0.15, 0.2) is 0 Å². The molecule has 1 amide bonds. The summed E-state index contributed by atoms with van der Waals surface area (Å²) in [5.41, 5.74) is 1.37. The summed E-state index contributed by atoms with van der Waals surface area (Å²) in [5, 5.41) is 11.7. The third-order valence-electron chi connectivity index (χ3n) is 3.39. The number of rotatable bonds is 7. The monoisotopic (exact) mass is 323 g/mol. The van der Waals surface area contributed by atoms with Gasteiger partial charge in [-0.15, -0.1) is 0 Å². The van der Waals surface area contributed by atoms with Crippen LogP contribution >= 0.6 is 0 Å². The van der Waals surface area contributed by atoms with Crippen molar-refractivity contribution < 1.29 is 4.79 Å². The van der Waals surface area contributed by atoms with Gasteiger partial charge in [-0.25, -0.2) is 9.97 Å². The van der Waals surface area contributed by atoms with Crippen LogP contribution in [-0.2, 0) is 0 Å². The molecular weight excluding hydrogens is 302 g/mol. The molecule has 0 saturated heterocycles. The van der Waals surface area contributed by atoms with Gasteiger partial charge in [0.2, 0.25) is 5.95 Å². The lowest BCUT2D eigenvalue weighted by molar-refractivity contribution is 0.102. The first-order valence-corrected chi connectivity index (χ1v) is 8.07. The molecule has 2 rings (SSSR count). The largest absolute Gasteiger partial charge is 0.341 e. The summed E-state index contributed by atoms with van der Waals surface area (Å²) in [7, 11) is 0. The predicted molar refractivity (Wildman–Crippen MR) is 93.9 cm³/mol. The van der Waals surface area contributed by atoms with Crippen LogP contribution in [0.4, 0.5) is 11.6 Å². The highest BCUT2D eigenvalue weighted by atomic mass is 16.1. The first-order valence-electron chi connectivity index (χ1n) is 8.07. The van der Waals surface area contributed by atoms with Crippen molar-refractivity contribution in [2.24, 2.45) is 0 Å². The molecule has 1 heterocycles. The van der Waals surface area contributed by atoms with Crippen LogP contribution in [-0.4, -0.2) is 29.0 Å². The predicted octanol–water partition coefficient (Wildman–Crippen LogP) is 3.23. The Kier molecular flexibility index (Phi) is 6.26. The first-order chi connectivity index (χ1) is 11.7. The topological polar surface area (TPSA) is 81.9 Å². The normalized spacial score (nSPS) is 10.0. The molecule has 0 bridgehead atoms. The fraction of sp³-hybridized carbons (Fsp3) is 0.333. The number of amides is 1. The van der Waals surface area contributed by atoms with Crippen molar-refractivity contribution in [3.05, 3.63) is 47.8 Å². The van der Waals surface area contributed by atoms with E-state index in [0.717, 1.165) is 25.9 Å². The summed E-state index contributed by atoms with van der Waals surface area (Å²) in [4.78, 5) is 23.2. The van der Waals surface area contributed by atoms with Gasteiger partial charge in [-0.2, -0.15) is 5.26 Å². The lowest BCUT2D eigenvalue weighted by atomic mass is 10.2. The molecule has 0 aliphatic rings. The summed E-state index contributed by atoms with van der Waals surface area (Å²) < 4.78 is 0. The van der Waals surface area contributed by atoms with Gasteiger partial charge in [-0.3, -0.25) is 4.79 Å². The Balaban J connectivity index is 2.17. The van der Waals surface area contributed by atoms with E-state index in [2.05, 4.69) is 34.0 Å². The molecule has 0 atom stereocenters. The lowest BCUT2D eigenvalue weighted by Gasteiger charge is -2.21. The second-order valence-electron chi connectivity index (χ2n) is 5.38. The Morgan fingerprint density at radius 3 is 2.67 bits per heavy atom. The number of nitrogens with zero attached hydrogens (tertiary/aromatic N) is 4. The SMILES string of the molecule is CCCN(CCC)c1nccc(C(=O)Nc2cccc(C#N)c2)n1. The van der Waals surface area contributed by atoms with Gasteiger partial charge in [-0.1, -0.05) is 19.9 Å². The minimum absolute atomic E-state index is 0.305. The van der Waals surface area contributed by atoms with E-state index in [1.807, 2.05) is 6.07 Å². The lowest BCUT2D eigenvalue weighted by Crippen LogP contribution is -2.27. The van der Waals surface area contributed by atoms with Gasteiger partial charge in [0, 0.05) is 25.0 Å². The van der Waals surface area contributed by atoms with Crippen LogP contribution in [0.5, 0.6) is 0 Å². The third-order valence-corrected chi connectivity index (χ3v) is 3.39. The molecule has 0 radical (unpaired) electrons. The molecule has 1 aromatic carbocycles. The van der Waals surface area contributed by atoms with Crippen molar-refractivity contribution >= 4 is 17.5 Å². The molecular formula is C18H21N5O. The van der Waals surface area contributed by atoms with Crippen LogP contribution < -0.4 is 10.2 Å². The highest BCUT2D eigenvalue weighted by molar-refractivity contribution is 6.03. The average molecular weight is 323 g/mol. The van der Waals surface area contributed by atoms with Crippen LogP contribution in [0.15, 0.2) is 36.5 Å². The zero-order valence-corrected chi connectivity index (χ0v) is 14.0. The van der Waals surface area contributed by atoms with E-state index in [1.165, 1.54) is 0 Å². The number of nitriles is 1. The molecule has 1 N–H and O–H groups in total. The average Bonchev–Trinajstić information content (AvgIpc) is 2.62. The molecule has 0 fully saturated rings. The van der Waals surface area contributed by atoms with Crippen molar-refractivity contribution in [2.75, 3.05) is 23.3 Å². The van der Waals surface area contributed by atoms with Crippen LogP contribution in [0, 0.1) is 11.3 Å². The van der Waals surface area contributed by atoms with Gasteiger partial charge >= 0.3 is 0 Å². The van der Waals surface area contributed by atoms with E-state index in [9.17, 15) is 4.79 Å². The molecule has 2 aromatic rings. The van der Waals surface area contributed by atoms with E-state index in [1.54, 1.807) is 36.5 Å². The Hall–Kier alpha value is -2.94. The Morgan fingerprint density at radius 1 is 1.25 bits per heavy atom. The van der Waals surface area contributed by atoms with E-state index >= 15 is 0 Å². The number of hydrogen-bond acceptors (Lipinski definition) is 5. The summed E-state index contributed by atoms with van der Waals surface area (Å²) in [6.45, 7) is 5.90. The molecule has 24 heavy (non-hydrogen) atoms. The molecule has 0 spiro atoms. The minimum Gasteiger partial charge on any atom is -0.341 e. The van der Waals surface area contributed by atoms with Crippen molar-refractivity contribution in [2.45, 2.75) is 26.7 Å². The van der Waals surface area contributed by atoms with Gasteiger partial charge in [-0.05, 0) is 37.1 Å². The quantitative estimate of drug-likeness (QED) is 0.846. The standard InChI is InChI=1S/C18H21N5O/c1-3-10-23(11-4-2)18-20-9-8-16(22-18)17(24)21-15-7-5-6-14(12-15)13-19/h5-9,12H,3-4,10-11H2,1-2H3,(H,21,24). The zero-order valence-electron chi connectivity index (χ0n) is 14.0. The van der Waals surface area contributed by atoms with Gasteiger partial charge in [0.1, 0.15) is 5.69 Å². The van der Waals surface area contributed by atoms with E-state index < -0.39 is 0 Å². The maximum Gasteiger partial charge on any atom is 0.274 e. The van der Waals surface area contributed by atoms with Crippen molar-refractivity contribution in [1.82, 2.24) is 9.97 Å². The summed E-state index contributed by atoms with van der Waals surface area (Å²) >= 11 is 0. The number of nitrogens with one attached hydrogen (secondary N) is 1. The molecule has 0 saturated carbocycles. The van der Waals surface area contributed by atoms with Crippen LogP contribution in [0.2, 0.25) is 0 Å². The number of carbonyl (C=O) groups excluding carboxylic acids is 1. The number of anilines is 2.